The third-order valence-corrected chi connectivity index (χ3v) is 4.89. The van der Waals surface area contributed by atoms with Gasteiger partial charge >= 0.3 is 0 Å². The van der Waals surface area contributed by atoms with Crippen molar-refractivity contribution < 1.29 is 9.21 Å². The van der Waals surface area contributed by atoms with Crippen molar-refractivity contribution in [1.82, 2.24) is 5.32 Å². The highest BCUT2D eigenvalue weighted by atomic mass is 16.3. The molecule has 1 aromatic heterocycles. The molecule has 1 aliphatic rings. The summed E-state index contributed by atoms with van der Waals surface area (Å²) in [5.41, 5.74) is 0.729. The fourth-order valence-corrected chi connectivity index (χ4v) is 3.25. The fraction of sp³-hybridized carbons (Fsp3) is 0.647. The number of nitrogens with one attached hydrogen (secondary N) is 1. The number of hydrogen-bond acceptors (Lipinski definition) is 3. The first kappa shape index (κ1) is 15.6. The summed E-state index contributed by atoms with van der Waals surface area (Å²) < 4.78 is 5.51. The Morgan fingerprint density at radius 2 is 1.95 bits per heavy atom. The molecule has 1 N–H and O–H groups in total. The molecule has 0 radical (unpaired) electrons. The van der Waals surface area contributed by atoms with E-state index in [0.717, 1.165) is 43.4 Å². The Bertz CT molecular complexity index is 572. The predicted molar refractivity (Wildman–Crippen MR) is 81.0 cm³/mol. The number of nitriles is 1. The Balaban J connectivity index is 2.16. The number of carbonyl (C=O) groups excluding carboxylic acids is 1. The quantitative estimate of drug-likeness (QED) is 0.920. The number of aryl methyl sites for hydroxylation is 2. The maximum absolute atomic E-state index is 12.6. The van der Waals surface area contributed by atoms with Gasteiger partial charge in [-0.25, -0.2) is 0 Å². The number of nitrogens with zero attached hydrogens (tertiary/aromatic N) is 1. The molecule has 0 aliphatic heterocycles. The molecule has 1 aliphatic carbocycles. The molecule has 0 bridgehead atoms. The van der Waals surface area contributed by atoms with Crippen LogP contribution in [0.2, 0.25) is 0 Å². The van der Waals surface area contributed by atoms with Crippen molar-refractivity contribution in [3.8, 4) is 6.07 Å². The second-order valence-corrected chi connectivity index (χ2v) is 6.21. The largest absolute Gasteiger partial charge is 0.466 e. The van der Waals surface area contributed by atoms with Crippen molar-refractivity contribution in [3.63, 3.8) is 0 Å². The van der Waals surface area contributed by atoms with Crippen molar-refractivity contribution >= 4 is 5.91 Å². The van der Waals surface area contributed by atoms with Crippen molar-refractivity contribution in [3.05, 3.63) is 22.6 Å². The Kier molecular flexibility index (Phi) is 4.41. The van der Waals surface area contributed by atoms with Gasteiger partial charge in [-0.2, -0.15) is 5.26 Å². The molecule has 1 heterocycles. The fourth-order valence-electron chi connectivity index (χ4n) is 3.25. The van der Waals surface area contributed by atoms with Gasteiger partial charge in [-0.05, 0) is 52.4 Å². The lowest BCUT2D eigenvalue weighted by molar-refractivity contribution is 0.0889. The van der Waals surface area contributed by atoms with Crippen LogP contribution in [0.15, 0.2) is 4.42 Å². The smallest absolute Gasteiger partial charge is 0.256 e. The maximum Gasteiger partial charge on any atom is 0.256 e. The molecule has 1 saturated carbocycles. The van der Waals surface area contributed by atoms with Gasteiger partial charge in [0.05, 0.1) is 11.6 Å². The predicted octanol–water partition coefficient (Wildman–Crippen LogP) is 3.80. The lowest BCUT2D eigenvalue weighted by atomic mass is 9.76. The molecule has 1 fully saturated rings. The Labute approximate surface area is 126 Å². The zero-order valence-corrected chi connectivity index (χ0v) is 13.4. The number of carbonyl (C=O) groups is 1. The molecule has 114 valence electrons. The van der Waals surface area contributed by atoms with Gasteiger partial charge in [-0.1, -0.05) is 13.3 Å². The summed E-state index contributed by atoms with van der Waals surface area (Å²) in [5, 5.41) is 12.5. The SMILES string of the molecule is CCC1CCC(C#N)(NC(=O)c2c(C)oc(C)c2C)CC1. The van der Waals surface area contributed by atoms with Crippen molar-refractivity contribution in [2.75, 3.05) is 0 Å². The average Bonchev–Trinajstić information content (AvgIpc) is 2.73. The number of hydrogen-bond donors (Lipinski definition) is 1. The number of rotatable bonds is 3. The normalized spacial score (nSPS) is 25.4. The Hall–Kier alpha value is -1.76. The van der Waals surface area contributed by atoms with Crippen molar-refractivity contribution in [2.24, 2.45) is 5.92 Å². The van der Waals surface area contributed by atoms with E-state index in [9.17, 15) is 10.1 Å². The van der Waals surface area contributed by atoms with Crippen LogP contribution in [0.25, 0.3) is 0 Å². The Morgan fingerprint density at radius 3 is 2.38 bits per heavy atom. The van der Waals surface area contributed by atoms with Gasteiger partial charge in [-0.15, -0.1) is 0 Å². The molecule has 0 atom stereocenters. The first-order chi connectivity index (χ1) is 9.92. The van der Waals surface area contributed by atoms with Crippen LogP contribution >= 0.6 is 0 Å². The number of furan rings is 1. The summed E-state index contributed by atoms with van der Waals surface area (Å²) in [6, 6.07) is 2.35. The van der Waals surface area contributed by atoms with Gasteiger partial charge < -0.3 is 9.73 Å². The third kappa shape index (κ3) is 2.97. The molecule has 2 rings (SSSR count). The van der Waals surface area contributed by atoms with E-state index in [1.54, 1.807) is 6.92 Å². The van der Waals surface area contributed by atoms with E-state index < -0.39 is 5.54 Å². The van der Waals surface area contributed by atoms with Crippen LogP contribution < -0.4 is 5.32 Å². The monoisotopic (exact) mass is 288 g/mol. The van der Waals surface area contributed by atoms with E-state index in [4.69, 9.17) is 4.42 Å². The lowest BCUT2D eigenvalue weighted by Crippen LogP contribution is -2.49. The molecule has 4 heteroatoms. The molecule has 1 aromatic rings. The van der Waals surface area contributed by atoms with Crippen LogP contribution in [0.1, 0.15) is 66.5 Å². The van der Waals surface area contributed by atoms with E-state index in [0.29, 0.717) is 17.2 Å². The molecule has 0 saturated heterocycles. The topological polar surface area (TPSA) is 66.0 Å². The van der Waals surface area contributed by atoms with E-state index in [-0.39, 0.29) is 5.91 Å². The molecule has 0 unspecified atom stereocenters. The van der Waals surface area contributed by atoms with Crippen molar-refractivity contribution in [2.45, 2.75) is 65.3 Å². The van der Waals surface area contributed by atoms with Gasteiger partial charge in [0, 0.05) is 5.56 Å². The van der Waals surface area contributed by atoms with Crippen LogP contribution in [0.4, 0.5) is 0 Å². The summed E-state index contributed by atoms with van der Waals surface area (Å²) in [7, 11) is 0. The van der Waals surface area contributed by atoms with Crippen molar-refractivity contribution in [1.29, 1.82) is 5.26 Å². The average molecular weight is 288 g/mol. The Morgan fingerprint density at radius 1 is 1.33 bits per heavy atom. The van der Waals surface area contributed by atoms with Gasteiger partial charge in [0.2, 0.25) is 0 Å². The minimum Gasteiger partial charge on any atom is -0.466 e. The first-order valence-electron chi connectivity index (χ1n) is 7.72. The van der Waals surface area contributed by atoms with Crippen LogP contribution in [-0.2, 0) is 0 Å². The van der Waals surface area contributed by atoms with E-state index in [1.807, 2.05) is 13.8 Å². The van der Waals surface area contributed by atoms with Crippen LogP contribution in [-0.4, -0.2) is 11.4 Å². The molecule has 21 heavy (non-hydrogen) atoms. The number of amides is 1. The van der Waals surface area contributed by atoms with E-state index in [1.165, 1.54) is 0 Å². The summed E-state index contributed by atoms with van der Waals surface area (Å²) >= 11 is 0. The second-order valence-electron chi connectivity index (χ2n) is 6.21. The van der Waals surface area contributed by atoms with Crippen LogP contribution in [0.5, 0.6) is 0 Å². The zero-order chi connectivity index (χ0) is 15.6. The van der Waals surface area contributed by atoms with Gasteiger partial charge in [0.25, 0.3) is 5.91 Å². The van der Waals surface area contributed by atoms with E-state index >= 15 is 0 Å². The molecular weight excluding hydrogens is 264 g/mol. The molecular formula is C17H24N2O2. The van der Waals surface area contributed by atoms with Gasteiger partial charge in [0.1, 0.15) is 17.1 Å². The van der Waals surface area contributed by atoms with Crippen LogP contribution in [0.3, 0.4) is 0 Å². The first-order valence-corrected chi connectivity index (χ1v) is 7.72. The second kappa shape index (κ2) is 5.93. The molecule has 0 aromatic carbocycles. The summed E-state index contributed by atoms with van der Waals surface area (Å²) in [6.07, 6.45) is 4.64. The minimum atomic E-state index is -0.715. The summed E-state index contributed by atoms with van der Waals surface area (Å²) in [6.45, 7) is 7.71. The molecule has 0 spiro atoms. The highest BCUT2D eigenvalue weighted by molar-refractivity contribution is 5.97. The lowest BCUT2D eigenvalue weighted by Gasteiger charge is -2.35. The third-order valence-electron chi connectivity index (χ3n) is 4.89. The maximum atomic E-state index is 12.6. The minimum absolute atomic E-state index is 0.182. The standard InChI is InChI=1S/C17H24N2O2/c1-5-14-6-8-17(10-18,9-7-14)19-16(20)15-11(2)12(3)21-13(15)4/h14H,5-9H2,1-4H3,(H,19,20). The highest BCUT2D eigenvalue weighted by Crippen LogP contribution is 2.34. The zero-order valence-electron chi connectivity index (χ0n) is 13.4. The molecule has 1 amide bonds. The van der Waals surface area contributed by atoms with E-state index in [2.05, 4.69) is 18.3 Å². The van der Waals surface area contributed by atoms with Gasteiger partial charge in [0.15, 0.2) is 0 Å². The summed E-state index contributed by atoms with van der Waals surface area (Å²) in [5.74, 6) is 1.89. The highest BCUT2D eigenvalue weighted by Gasteiger charge is 2.37. The summed E-state index contributed by atoms with van der Waals surface area (Å²) in [4.78, 5) is 12.6. The molecule has 4 nitrogen and oxygen atoms in total. The van der Waals surface area contributed by atoms with Gasteiger partial charge in [-0.3, -0.25) is 4.79 Å². The van der Waals surface area contributed by atoms with Crippen LogP contribution in [0, 0.1) is 38.0 Å².